The van der Waals surface area contributed by atoms with Crippen LogP contribution in [0.4, 0.5) is 0 Å². The van der Waals surface area contributed by atoms with Crippen LogP contribution in [0.15, 0.2) is 37.0 Å². The number of ether oxygens (including phenoxy) is 2. The van der Waals surface area contributed by atoms with Crippen LogP contribution in [0.3, 0.4) is 0 Å². The number of nitrogens with one attached hydrogen (secondary N) is 1. The molecule has 0 atom stereocenters. The van der Waals surface area contributed by atoms with E-state index in [9.17, 15) is 19.5 Å². The van der Waals surface area contributed by atoms with Gasteiger partial charge in [-0.25, -0.2) is 9.59 Å². The van der Waals surface area contributed by atoms with Crippen molar-refractivity contribution in [1.82, 2.24) is 0 Å². The zero-order valence-electron chi connectivity index (χ0n) is 15.9. The maximum atomic E-state index is 10.2. The molecule has 0 saturated heterocycles. The number of aliphatic carboxylic acids is 1. The highest BCUT2D eigenvalue weighted by Gasteiger charge is 1.95. The summed E-state index contributed by atoms with van der Waals surface area (Å²) in [6, 6.07) is 0. The predicted molar refractivity (Wildman–Crippen MR) is 92.2 cm³/mol. The molecular formula is C17H31NO6. The van der Waals surface area contributed by atoms with E-state index in [1.807, 2.05) is 0 Å². The van der Waals surface area contributed by atoms with Gasteiger partial charge in [0.25, 0.3) is 0 Å². The van der Waals surface area contributed by atoms with Crippen molar-refractivity contribution in [2.24, 2.45) is 0 Å². The third-order valence-electron chi connectivity index (χ3n) is 1.34. The molecule has 0 heterocycles. The second kappa shape index (κ2) is 20.6. The van der Waals surface area contributed by atoms with E-state index in [0.717, 1.165) is 6.08 Å². The number of hydrogen-bond donors (Lipinski definition) is 1. The number of esters is 2. The van der Waals surface area contributed by atoms with E-state index in [1.54, 1.807) is 13.8 Å². The molecule has 1 N–H and O–H groups in total. The Morgan fingerprint density at radius 2 is 1.42 bits per heavy atom. The second-order valence-corrected chi connectivity index (χ2v) is 4.80. The van der Waals surface area contributed by atoms with Gasteiger partial charge in [0.1, 0.15) is 0 Å². The highest BCUT2D eigenvalue weighted by Crippen LogP contribution is 1.87. The van der Waals surface area contributed by atoms with Crippen LogP contribution in [0.25, 0.3) is 0 Å². The summed E-state index contributed by atoms with van der Waals surface area (Å²) in [4.78, 5) is 31.2. The van der Waals surface area contributed by atoms with Crippen LogP contribution < -0.4 is 10.0 Å². The van der Waals surface area contributed by atoms with Crippen molar-refractivity contribution in [2.45, 2.75) is 20.8 Å². The summed E-state index contributed by atoms with van der Waals surface area (Å²) in [7, 11) is 7.58. The molecule has 0 rings (SSSR count). The zero-order valence-corrected chi connectivity index (χ0v) is 15.9. The molecule has 0 aliphatic rings. The fourth-order valence-corrected chi connectivity index (χ4v) is 0.375. The largest absolute Gasteiger partial charge is 0.545 e. The van der Waals surface area contributed by atoms with Crippen LogP contribution in [0, 0.1) is 0 Å². The third kappa shape index (κ3) is 42.7. The summed E-state index contributed by atoms with van der Waals surface area (Å²) in [6.07, 6.45) is 1.14. The Balaban J connectivity index is -0.000000113. The maximum Gasteiger partial charge on any atom is 0.332 e. The molecule has 0 radical (unpaired) electrons. The minimum atomic E-state index is -1.19. The van der Waals surface area contributed by atoms with Crippen LogP contribution in [0.2, 0.25) is 0 Å². The number of carboxylic acids is 1. The van der Waals surface area contributed by atoms with Crippen LogP contribution in [0.5, 0.6) is 0 Å². The molecule has 0 aromatic rings. The van der Waals surface area contributed by atoms with Crippen molar-refractivity contribution < 1.29 is 33.9 Å². The van der Waals surface area contributed by atoms with Gasteiger partial charge in [0.2, 0.25) is 0 Å². The van der Waals surface area contributed by atoms with E-state index in [-0.39, 0.29) is 17.5 Å². The van der Waals surface area contributed by atoms with E-state index >= 15 is 0 Å². The lowest BCUT2D eigenvalue weighted by atomic mass is 10.4. The summed E-state index contributed by atoms with van der Waals surface area (Å²) in [5, 5.41) is 9.49. The highest BCUT2D eigenvalue weighted by molar-refractivity contribution is 5.86. The van der Waals surface area contributed by atoms with Crippen molar-refractivity contribution in [3.05, 3.63) is 37.0 Å². The number of carboxylic acid groups (broad SMARTS) is 1. The van der Waals surface area contributed by atoms with E-state index in [4.69, 9.17) is 0 Å². The lowest BCUT2D eigenvalue weighted by Gasteiger charge is -1.93. The van der Waals surface area contributed by atoms with Crippen molar-refractivity contribution in [3.8, 4) is 0 Å². The van der Waals surface area contributed by atoms with Crippen LogP contribution >= 0.6 is 0 Å². The summed E-state index contributed by atoms with van der Waals surface area (Å²) in [5.74, 6) is -1.89. The fourth-order valence-electron chi connectivity index (χ4n) is 0.375. The Hall–Kier alpha value is -2.41. The average molecular weight is 345 g/mol. The van der Waals surface area contributed by atoms with Gasteiger partial charge in [-0.15, -0.1) is 0 Å². The molecular weight excluding hydrogens is 314 g/mol. The molecule has 0 aliphatic heterocycles. The molecule has 0 unspecified atom stereocenters. The first-order valence-electron chi connectivity index (χ1n) is 7.03. The molecule has 140 valence electrons. The van der Waals surface area contributed by atoms with Crippen molar-refractivity contribution in [3.63, 3.8) is 0 Å². The Morgan fingerprint density at radius 1 is 1.08 bits per heavy atom. The smallest absolute Gasteiger partial charge is 0.332 e. The van der Waals surface area contributed by atoms with E-state index < -0.39 is 5.97 Å². The van der Waals surface area contributed by atoms with Crippen LogP contribution in [-0.2, 0) is 23.9 Å². The quantitative estimate of drug-likeness (QED) is 0.547. The Labute approximate surface area is 145 Å². The number of methoxy groups -OCH3 is 1. The Bertz CT molecular complexity index is 397. The summed E-state index contributed by atoms with van der Waals surface area (Å²) >= 11 is 0. The molecule has 7 nitrogen and oxygen atoms in total. The Morgan fingerprint density at radius 3 is 1.46 bits per heavy atom. The minimum Gasteiger partial charge on any atom is -0.545 e. The van der Waals surface area contributed by atoms with Crippen LogP contribution in [0.1, 0.15) is 20.8 Å². The van der Waals surface area contributed by atoms with E-state index in [0.29, 0.717) is 12.2 Å². The molecule has 24 heavy (non-hydrogen) atoms. The number of rotatable bonds is 4. The molecule has 7 heteroatoms. The van der Waals surface area contributed by atoms with Gasteiger partial charge in [-0.2, -0.15) is 0 Å². The van der Waals surface area contributed by atoms with Gasteiger partial charge >= 0.3 is 11.9 Å². The van der Waals surface area contributed by atoms with Crippen molar-refractivity contribution in [2.75, 3.05) is 34.9 Å². The normalized spacial score (nSPS) is 7.83. The van der Waals surface area contributed by atoms with Gasteiger partial charge in [-0.3, -0.25) is 0 Å². The van der Waals surface area contributed by atoms with Crippen molar-refractivity contribution >= 4 is 17.9 Å². The van der Waals surface area contributed by atoms with Gasteiger partial charge in [0.15, 0.2) is 0 Å². The summed E-state index contributed by atoms with van der Waals surface area (Å²) in [5.41, 5.74) is 0.498. The molecule has 0 aromatic carbocycles. The number of hydrogen-bond acceptors (Lipinski definition) is 6. The van der Waals surface area contributed by atoms with Gasteiger partial charge in [-0.05, 0) is 26.3 Å². The molecule has 0 spiro atoms. The van der Waals surface area contributed by atoms with Gasteiger partial charge in [0.05, 0.1) is 40.8 Å². The monoisotopic (exact) mass is 345 g/mol. The van der Waals surface area contributed by atoms with E-state index in [2.05, 4.69) is 50.4 Å². The highest BCUT2D eigenvalue weighted by atomic mass is 16.5. The average Bonchev–Trinajstić information content (AvgIpc) is 2.47. The molecule has 0 fully saturated rings. The third-order valence-corrected chi connectivity index (χ3v) is 1.34. The Kier molecular flexibility index (Phi) is 25.4. The zero-order chi connectivity index (χ0) is 20.3. The lowest BCUT2D eigenvalue weighted by Crippen LogP contribution is -3.02. The van der Waals surface area contributed by atoms with Gasteiger partial charge < -0.3 is 24.3 Å². The molecule has 0 aliphatic carbocycles. The van der Waals surface area contributed by atoms with E-state index in [1.165, 1.54) is 18.9 Å². The minimum absolute atomic E-state index is 0.0648. The molecule has 0 aromatic heterocycles. The SMILES string of the molecule is C=C(C)C(=O)OC.C=C(C)C(=O)[O-].C=CC(=O)OCC.C[NH+](C)C. The second-order valence-electron chi connectivity index (χ2n) is 4.80. The standard InChI is InChI=1S/2C5H8O2.C4H6O2.C3H9N/c1-4(2)5(6)7-3;1-3-5(6)7-4-2;1-3(2)4(5)6;1-4(2)3/h1H2,2-3H3;3H,1,4H2,2H3;1H2,2H3,(H,5,6);1-3H3. The lowest BCUT2D eigenvalue weighted by molar-refractivity contribution is -0.836. The van der Waals surface area contributed by atoms with Crippen LogP contribution in [-0.4, -0.2) is 52.8 Å². The van der Waals surface area contributed by atoms with Crippen molar-refractivity contribution in [1.29, 1.82) is 0 Å². The maximum absolute atomic E-state index is 10.2. The topological polar surface area (TPSA) is 97.2 Å². The first-order valence-corrected chi connectivity index (χ1v) is 7.03. The first kappa shape index (κ1) is 29.6. The summed E-state index contributed by atoms with van der Waals surface area (Å²) < 4.78 is 8.71. The molecule has 0 amide bonds. The van der Waals surface area contributed by atoms with Gasteiger partial charge in [-0.1, -0.05) is 19.7 Å². The first-order chi connectivity index (χ1) is 10.9. The summed E-state index contributed by atoms with van der Waals surface area (Å²) in [6.45, 7) is 14.8. The molecule has 0 bridgehead atoms. The predicted octanol–water partition coefficient (Wildman–Crippen LogP) is -0.456. The number of carbonyl (C=O) groups excluding carboxylic acids is 3. The number of carbonyl (C=O) groups is 3. The number of quaternary nitrogens is 1. The fraction of sp³-hybridized carbons (Fsp3) is 0.471. The van der Waals surface area contributed by atoms with Gasteiger partial charge in [0, 0.05) is 11.6 Å². The molecule has 0 saturated carbocycles.